The van der Waals surface area contributed by atoms with E-state index in [4.69, 9.17) is 4.74 Å². The molecule has 4 rings (SSSR count). The molecule has 0 spiro atoms. The van der Waals surface area contributed by atoms with Gasteiger partial charge in [0.15, 0.2) is 0 Å². The maximum Gasteiger partial charge on any atom is 0.119 e. The predicted molar refractivity (Wildman–Crippen MR) is 105 cm³/mol. The number of fused-ring (bicyclic) bond motifs is 1. The van der Waals surface area contributed by atoms with E-state index in [0.29, 0.717) is 6.04 Å². The number of benzene rings is 2. The van der Waals surface area contributed by atoms with Gasteiger partial charge in [-0.1, -0.05) is 36.4 Å². The molecular weight excluding hydrogens is 322 g/mol. The van der Waals surface area contributed by atoms with Crippen LogP contribution in [0.2, 0.25) is 0 Å². The zero-order chi connectivity index (χ0) is 18.0. The number of aliphatic hydroxyl groups is 1. The van der Waals surface area contributed by atoms with Crippen LogP contribution in [0.4, 0.5) is 0 Å². The Morgan fingerprint density at radius 2 is 1.88 bits per heavy atom. The highest BCUT2D eigenvalue weighted by molar-refractivity contribution is 5.33. The summed E-state index contributed by atoms with van der Waals surface area (Å²) in [6, 6.07) is 17.7. The average molecular weight is 351 g/mol. The summed E-state index contributed by atoms with van der Waals surface area (Å²) in [5.41, 5.74) is 4.23. The van der Waals surface area contributed by atoms with Crippen molar-refractivity contribution < 1.29 is 9.84 Å². The molecule has 1 atom stereocenters. The number of hydrogen-bond acceptors (Lipinski definition) is 3. The molecule has 3 heteroatoms. The highest BCUT2D eigenvalue weighted by Crippen LogP contribution is 2.37. The van der Waals surface area contributed by atoms with Gasteiger partial charge in [-0.15, -0.1) is 0 Å². The van der Waals surface area contributed by atoms with E-state index in [0.717, 1.165) is 50.9 Å². The summed E-state index contributed by atoms with van der Waals surface area (Å²) >= 11 is 0. The van der Waals surface area contributed by atoms with Crippen LogP contribution < -0.4 is 4.74 Å². The van der Waals surface area contributed by atoms with Crippen LogP contribution in [-0.2, 0) is 19.3 Å². The van der Waals surface area contributed by atoms with Gasteiger partial charge in [-0.05, 0) is 67.5 Å². The zero-order valence-electron chi connectivity index (χ0n) is 15.7. The van der Waals surface area contributed by atoms with E-state index in [1.807, 2.05) is 12.1 Å². The lowest BCUT2D eigenvalue weighted by atomic mass is 9.75. The summed E-state index contributed by atoms with van der Waals surface area (Å²) in [6.45, 7) is 2.39. The van der Waals surface area contributed by atoms with Crippen molar-refractivity contribution in [1.29, 1.82) is 0 Å². The summed E-state index contributed by atoms with van der Waals surface area (Å²) in [4.78, 5) is 2.64. The minimum atomic E-state index is -0.0423. The van der Waals surface area contributed by atoms with Gasteiger partial charge < -0.3 is 9.84 Å². The minimum Gasteiger partial charge on any atom is -0.497 e. The number of ether oxygens (including phenoxy) is 1. The molecule has 0 aromatic heterocycles. The topological polar surface area (TPSA) is 32.7 Å². The monoisotopic (exact) mass is 351 g/mol. The second-order valence-electron chi connectivity index (χ2n) is 8.09. The van der Waals surface area contributed by atoms with Gasteiger partial charge in [-0.3, -0.25) is 4.90 Å². The van der Waals surface area contributed by atoms with Crippen LogP contribution in [0, 0.1) is 5.41 Å². The molecule has 3 nitrogen and oxygen atoms in total. The Hall–Kier alpha value is -1.84. The van der Waals surface area contributed by atoms with Crippen LogP contribution in [0.5, 0.6) is 5.75 Å². The molecule has 2 aliphatic rings. The molecule has 0 bridgehead atoms. The lowest BCUT2D eigenvalue weighted by molar-refractivity contribution is 0.0141. The van der Waals surface area contributed by atoms with Gasteiger partial charge in [-0.25, -0.2) is 0 Å². The van der Waals surface area contributed by atoms with Crippen LogP contribution >= 0.6 is 0 Å². The molecule has 1 fully saturated rings. The fourth-order valence-corrected chi connectivity index (χ4v) is 4.90. The third kappa shape index (κ3) is 3.51. The van der Waals surface area contributed by atoms with Gasteiger partial charge in [0.2, 0.25) is 0 Å². The van der Waals surface area contributed by atoms with Crippen molar-refractivity contribution >= 4 is 0 Å². The minimum absolute atomic E-state index is 0.0423. The van der Waals surface area contributed by atoms with Crippen LogP contribution in [0.3, 0.4) is 0 Å². The van der Waals surface area contributed by atoms with E-state index in [-0.39, 0.29) is 12.0 Å². The Labute approximate surface area is 156 Å². The Morgan fingerprint density at radius 1 is 1.12 bits per heavy atom. The third-order valence-electron chi connectivity index (χ3n) is 6.29. The van der Waals surface area contributed by atoms with E-state index < -0.39 is 0 Å². The van der Waals surface area contributed by atoms with E-state index >= 15 is 0 Å². The van der Waals surface area contributed by atoms with Crippen molar-refractivity contribution in [3.63, 3.8) is 0 Å². The molecule has 1 unspecified atom stereocenters. The first-order valence-corrected chi connectivity index (χ1v) is 9.76. The maximum atomic E-state index is 10.3. The van der Waals surface area contributed by atoms with E-state index in [1.165, 1.54) is 16.7 Å². The molecule has 1 N–H and O–H groups in total. The first kappa shape index (κ1) is 17.6. The summed E-state index contributed by atoms with van der Waals surface area (Å²) in [7, 11) is 1.71. The van der Waals surface area contributed by atoms with E-state index in [9.17, 15) is 5.11 Å². The highest BCUT2D eigenvalue weighted by atomic mass is 16.5. The number of likely N-dealkylation sites (tertiary alicyclic amines) is 1. The SMILES string of the molecule is COc1cccc(CC2(CO)CCCN(C3Cc4ccccc4C3)C2)c1. The summed E-state index contributed by atoms with van der Waals surface area (Å²) < 4.78 is 5.38. The number of hydrogen-bond donors (Lipinski definition) is 1. The molecule has 2 aromatic carbocycles. The Balaban J connectivity index is 1.49. The molecule has 1 aliphatic heterocycles. The Bertz CT molecular complexity index is 734. The number of methoxy groups -OCH3 is 1. The molecule has 0 saturated carbocycles. The lowest BCUT2D eigenvalue weighted by Gasteiger charge is -2.44. The summed E-state index contributed by atoms with van der Waals surface area (Å²) in [5, 5.41) is 10.3. The van der Waals surface area contributed by atoms with Gasteiger partial charge in [-0.2, -0.15) is 0 Å². The summed E-state index contributed by atoms with van der Waals surface area (Å²) in [6.07, 6.45) is 5.47. The molecule has 138 valence electrons. The van der Waals surface area contributed by atoms with E-state index in [1.54, 1.807) is 7.11 Å². The molecule has 0 radical (unpaired) electrons. The quantitative estimate of drug-likeness (QED) is 0.895. The van der Waals surface area contributed by atoms with Crippen molar-refractivity contribution in [1.82, 2.24) is 4.90 Å². The first-order valence-electron chi connectivity index (χ1n) is 9.76. The second-order valence-corrected chi connectivity index (χ2v) is 8.09. The number of nitrogens with zero attached hydrogens (tertiary/aromatic N) is 1. The fraction of sp³-hybridized carbons (Fsp3) is 0.478. The maximum absolute atomic E-state index is 10.3. The average Bonchev–Trinajstić information content (AvgIpc) is 3.13. The second kappa shape index (κ2) is 7.42. The first-order chi connectivity index (χ1) is 12.7. The lowest BCUT2D eigenvalue weighted by Crippen LogP contribution is -2.50. The molecule has 26 heavy (non-hydrogen) atoms. The largest absolute Gasteiger partial charge is 0.497 e. The Morgan fingerprint density at radius 3 is 2.58 bits per heavy atom. The highest BCUT2D eigenvalue weighted by Gasteiger charge is 2.38. The number of piperidine rings is 1. The van der Waals surface area contributed by atoms with Crippen molar-refractivity contribution in [2.45, 2.75) is 38.1 Å². The molecule has 1 heterocycles. The molecule has 0 amide bonds. The molecule has 1 aliphatic carbocycles. The normalized spacial score (nSPS) is 23.8. The van der Waals surface area contributed by atoms with Gasteiger partial charge in [0.05, 0.1) is 13.7 Å². The fourth-order valence-electron chi connectivity index (χ4n) is 4.90. The van der Waals surface area contributed by atoms with Gasteiger partial charge in [0.25, 0.3) is 0 Å². The van der Waals surface area contributed by atoms with Gasteiger partial charge >= 0.3 is 0 Å². The van der Waals surface area contributed by atoms with Crippen LogP contribution in [0.25, 0.3) is 0 Å². The van der Waals surface area contributed by atoms with Crippen molar-refractivity contribution in [3.05, 3.63) is 65.2 Å². The summed E-state index contributed by atoms with van der Waals surface area (Å²) in [5.74, 6) is 0.898. The third-order valence-corrected chi connectivity index (χ3v) is 6.29. The molecule has 1 saturated heterocycles. The van der Waals surface area contributed by atoms with Crippen molar-refractivity contribution in [2.24, 2.45) is 5.41 Å². The van der Waals surface area contributed by atoms with Crippen molar-refractivity contribution in [3.8, 4) is 5.75 Å². The molecular formula is C23H29NO2. The van der Waals surface area contributed by atoms with Crippen LogP contribution in [0.1, 0.15) is 29.5 Å². The van der Waals surface area contributed by atoms with Crippen molar-refractivity contribution in [2.75, 3.05) is 26.8 Å². The molecule has 2 aromatic rings. The Kier molecular flexibility index (Phi) is 5.01. The smallest absolute Gasteiger partial charge is 0.119 e. The standard InChI is InChI=1S/C23H29NO2/c1-26-22-9-4-6-18(12-22)15-23(17-25)10-5-11-24(16-23)21-13-19-7-2-3-8-20(19)14-21/h2-4,6-9,12,21,25H,5,10-11,13-17H2,1H3. The number of aliphatic hydroxyl groups excluding tert-OH is 1. The van der Waals surface area contributed by atoms with Crippen LogP contribution in [0.15, 0.2) is 48.5 Å². The number of rotatable bonds is 5. The van der Waals surface area contributed by atoms with Crippen LogP contribution in [-0.4, -0.2) is 42.9 Å². The van der Waals surface area contributed by atoms with Gasteiger partial charge in [0, 0.05) is 18.0 Å². The van der Waals surface area contributed by atoms with E-state index in [2.05, 4.69) is 41.3 Å². The zero-order valence-corrected chi connectivity index (χ0v) is 15.7. The van der Waals surface area contributed by atoms with Gasteiger partial charge in [0.1, 0.15) is 5.75 Å². The predicted octanol–water partition coefficient (Wildman–Crippen LogP) is 3.48.